The van der Waals surface area contributed by atoms with Crippen molar-refractivity contribution in [2.75, 3.05) is 6.61 Å². The summed E-state index contributed by atoms with van der Waals surface area (Å²) in [5, 5.41) is 4.42. The Bertz CT molecular complexity index is 1280. The fourth-order valence-electron chi connectivity index (χ4n) is 2.80. The number of nitrogens with one attached hydrogen (secondary N) is 2. The number of ether oxygens (including phenoxy) is 1. The van der Waals surface area contributed by atoms with Gasteiger partial charge < -0.3 is 18.7 Å². The van der Waals surface area contributed by atoms with Gasteiger partial charge in [0.05, 0.1) is 18.4 Å². The molecule has 3 rings (SSSR count). The van der Waals surface area contributed by atoms with Crippen LogP contribution in [0.2, 0.25) is 0 Å². The molecule has 0 aliphatic rings. The van der Waals surface area contributed by atoms with E-state index in [4.69, 9.17) is 13.3 Å². The van der Waals surface area contributed by atoms with Gasteiger partial charge in [-0.3, -0.25) is 10.1 Å². The van der Waals surface area contributed by atoms with E-state index in [9.17, 15) is 22.8 Å². The first-order valence-electron chi connectivity index (χ1n) is 10.0. The SMILES string of the molecule is Cc1ccc(C)c(S(=O)(=O)Oc2ccc(C(=O)OCC(=O)NC(=O)NCc3ccco3)cc2)c1. The van der Waals surface area contributed by atoms with Crippen molar-refractivity contribution in [3.05, 3.63) is 83.3 Å². The first-order chi connectivity index (χ1) is 16.1. The summed E-state index contributed by atoms with van der Waals surface area (Å²) < 4.78 is 40.2. The van der Waals surface area contributed by atoms with Crippen molar-refractivity contribution < 1.29 is 36.1 Å². The lowest BCUT2D eigenvalue weighted by atomic mass is 10.2. The zero-order valence-corrected chi connectivity index (χ0v) is 19.2. The largest absolute Gasteiger partial charge is 0.467 e. The van der Waals surface area contributed by atoms with Gasteiger partial charge in [-0.05, 0) is 67.4 Å². The number of benzene rings is 2. The van der Waals surface area contributed by atoms with Gasteiger partial charge in [0, 0.05) is 0 Å². The summed E-state index contributed by atoms with van der Waals surface area (Å²) in [5.74, 6) is -1.16. The van der Waals surface area contributed by atoms with Crippen molar-refractivity contribution in [3.63, 3.8) is 0 Å². The maximum atomic E-state index is 12.6. The quantitative estimate of drug-likeness (QED) is 0.366. The average Bonchev–Trinajstić information content (AvgIpc) is 3.31. The Balaban J connectivity index is 1.50. The molecule has 0 saturated carbocycles. The third-order valence-corrected chi connectivity index (χ3v) is 5.89. The molecule has 0 radical (unpaired) electrons. The van der Waals surface area contributed by atoms with E-state index in [-0.39, 0.29) is 22.8 Å². The van der Waals surface area contributed by atoms with Gasteiger partial charge in [0.2, 0.25) is 0 Å². The number of carbonyl (C=O) groups is 3. The van der Waals surface area contributed by atoms with Crippen molar-refractivity contribution in [3.8, 4) is 5.75 Å². The van der Waals surface area contributed by atoms with Crippen LogP contribution in [0.4, 0.5) is 4.79 Å². The maximum absolute atomic E-state index is 12.6. The minimum atomic E-state index is -4.06. The van der Waals surface area contributed by atoms with E-state index in [1.807, 2.05) is 5.32 Å². The molecule has 3 amide bonds. The number of imide groups is 1. The number of urea groups is 1. The van der Waals surface area contributed by atoms with Crippen LogP contribution in [-0.4, -0.2) is 32.9 Å². The lowest BCUT2D eigenvalue weighted by Crippen LogP contribution is -2.41. The molecule has 11 heteroatoms. The van der Waals surface area contributed by atoms with Crippen molar-refractivity contribution in [1.82, 2.24) is 10.6 Å². The topological polar surface area (TPSA) is 141 Å². The summed E-state index contributed by atoms with van der Waals surface area (Å²) in [6.45, 7) is 2.83. The third kappa shape index (κ3) is 6.69. The van der Waals surface area contributed by atoms with E-state index >= 15 is 0 Å². The number of amides is 3. The standard InChI is InChI=1S/C23H22N2O8S/c1-15-5-6-16(2)20(12-15)34(29,30)33-18-9-7-17(8-10-18)22(27)32-14-21(26)25-23(28)24-13-19-4-3-11-31-19/h3-12H,13-14H2,1-2H3,(H2,24,25,26,28). The van der Waals surface area contributed by atoms with Crippen LogP contribution in [0, 0.1) is 13.8 Å². The molecule has 0 aliphatic carbocycles. The summed E-state index contributed by atoms with van der Waals surface area (Å²) >= 11 is 0. The van der Waals surface area contributed by atoms with Crippen molar-refractivity contribution in [1.29, 1.82) is 0 Å². The van der Waals surface area contributed by atoms with E-state index in [0.29, 0.717) is 11.3 Å². The van der Waals surface area contributed by atoms with E-state index in [1.54, 1.807) is 38.1 Å². The minimum Gasteiger partial charge on any atom is -0.467 e. The van der Waals surface area contributed by atoms with Crippen molar-refractivity contribution >= 4 is 28.0 Å². The van der Waals surface area contributed by atoms with Crippen LogP contribution in [-0.2, 0) is 26.2 Å². The Morgan fingerprint density at radius 3 is 2.41 bits per heavy atom. The first-order valence-corrected chi connectivity index (χ1v) is 11.4. The fourth-order valence-corrected chi connectivity index (χ4v) is 4.04. The lowest BCUT2D eigenvalue weighted by Gasteiger charge is -2.10. The zero-order chi connectivity index (χ0) is 24.7. The number of aryl methyl sites for hydroxylation is 2. The summed E-state index contributed by atoms with van der Waals surface area (Å²) in [6.07, 6.45) is 1.45. The summed E-state index contributed by atoms with van der Waals surface area (Å²) in [7, 11) is -4.06. The van der Waals surface area contributed by atoms with E-state index in [0.717, 1.165) is 5.56 Å². The van der Waals surface area contributed by atoms with Crippen molar-refractivity contribution in [2.24, 2.45) is 0 Å². The van der Waals surface area contributed by atoms with Gasteiger partial charge in [-0.25, -0.2) is 9.59 Å². The molecule has 0 spiro atoms. The number of furan rings is 1. The molecule has 0 bridgehead atoms. The normalized spacial score (nSPS) is 10.9. The highest BCUT2D eigenvalue weighted by Gasteiger charge is 2.20. The van der Waals surface area contributed by atoms with Crippen LogP contribution in [0.3, 0.4) is 0 Å². The highest BCUT2D eigenvalue weighted by Crippen LogP contribution is 2.23. The van der Waals surface area contributed by atoms with Crippen LogP contribution in [0.1, 0.15) is 27.2 Å². The molecule has 0 saturated heterocycles. The van der Waals surface area contributed by atoms with Gasteiger partial charge in [0.15, 0.2) is 6.61 Å². The Morgan fingerprint density at radius 2 is 1.74 bits per heavy atom. The predicted molar refractivity (Wildman–Crippen MR) is 120 cm³/mol. The third-order valence-electron chi connectivity index (χ3n) is 4.50. The molecule has 178 valence electrons. The van der Waals surface area contributed by atoms with Gasteiger partial charge in [-0.15, -0.1) is 0 Å². The van der Waals surface area contributed by atoms with Gasteiger partial charge >= 0.3 is 22.1 Å². The highest BCUT2D eigenvalue weighted by atomic mass is 32.2. The number of carbonyl (C=O) groups excluding carboxylic acids is 3. The second kappa shape index (κ2) is 10.7. The Morgan fingerprint density at radius 1 is 1.00 bits per heavy atom. The van der Waals surface area contributed by atoms with Crippen LogP contribution in [0.5, 0.6) is 5.75 Å². The number of hydrogen-bond donors (Lipinski definition) is 2. The number of rotatable bonds is 8. The fraction of sp³-hybridized carbons (Fsp3) is 0.174. The summed E-state index contributed by atoms with van der Waals surface area (Å²) in [4.78, 5) is 35.7. The minimum absolute atomic E-state index is 0.00317. The smallest absolute Gasteiger partial charge is 0.339 e. The van der Waals surface area contributed by atoms with E-state index in [1.165, 1.54) is 36.6 Å². The molecule has 0 fully saturated rings. The van der Waals surface area contributed by atoms with Crippen LogP contribution in [0.25, 0.3) is 0 Å². The molecule has 2 aromatic carbocycles. The summed E-state index contributed by atoms with van der Waals surface area (Å²) in [6, 6.07) is 12.7. The molecule has 10 nitrogen and oxygen atoms in total. The first kappa shape index (κ1) is 24.5. The second-order valence-corrected chi connectivity index (χ2v) is 8.73. The molecular formula is C23H22N2O8S. The van der Waals surface area contributed by atoms with Gasteiger partial charge in [0.25, 0.3) is 5.91 Å². The molecule has 0 aliphatic heterocycles. The van der Waals surface area contributed by atoms with Crippen molar-refractivity contribution in [2.45, 2.75) is 25.3 Å². The van der Waals surface area contributed by atoms with Crippen LogP contribution < -0.4 is 14.8 Å². The Kier molecular flexibility index (Phi) is 7.69. The Hall–Kier alpha value is -4.12. The second-order valence-electron chi connectivity index (χ2n) is 7.22. The van der Waals surface area contributed by atoms with E-state index < -0.39 is 34.6 Å². The lowest BCUT2D eigenvalue weighted by molar-refractivity contribution is -0.123. The molecule has 3 aromatic rings. The molecular weight excluding hydrogens is 464 g/mol. The van der Waals surface area contributed by atoms with Gasteiger partial charge in [0.1, 0.15) is 16.4 Å². The van der Waals surface area contributed by atoms with Gasteiger partial charge in [-0.1, -0.05) is 12.1 Å². The summed E-state index contributed by atoms with van der Waals surface area (Å²) in [5.41, 5.74) is 1.37. The maximum Gasteiger partial charge on any atom is 0.339 e. The molecule has 0 unspecified atom stereocenters. The monoisotopic (exact) mass is 486 g/mol. The Labute approximate surface area is 196 Å². The van der Waals surface area contributed by atoms with Crippen LogP contribution in [0.15, 0.2) is 70.2 Å². The molecule has 0 atom stereocenters. The van der Waals surface area contributed by atoms with E-state index in [2.05, 4.69) is 5.32 Å². The molecule has 2 N–H and O–H groups in total. The average molecular weight is 487 g/mol. The molecule has 1 heterocycles. The predicted octanol–water partition coefficient (Wildman–Crippen LogP) is 2.85. The number of esters is 1. The zero-order valence-electron chi connectivity index (χ0n) is 18.4. The number of hydrogen-bond acceptors (Lipinski definition) is 8. The molecule has 34 heavy (non-hydrogen) atoms. The molecule has 1 aromatic heterocycles. The van der Waals surface area contributed by atoms with Gasteiger partial charge in [-0.2, -0.15) is 8.42 Å². The van der Waals surface area contributed by atoms with Crippen LogP contribution >= 0.6 is 0 Å². The highest BCUT2D eigenvalue weighted by molar-refractivity contribution is 7.87.